The molecule has 2 amide bonds. The van der Waals surface area contributed by atoms with Gasteiger partial charge in [0.05, 0.1) is 16.1 Å². The number of hydrogen-bond donors (Lipinski definition) is 4. The standard InChI is InChI=1S/C24H25Cl2N5O2/c25-18-8-6-16(10-19(18)26)12-21(24(33)30-14-17-7-9-22(28)29-13-17)31-23(32)20(27)11-15-4-2-1-3-5-15/h1-10,13,20-21H,11-12,14,27H2,(H2,28,29)(H,30,33)(H,31,32)/t20-,21+/m0/s1. The lowest BCUT2D eigenvalue weighted by Gasteiger charge is -2.21. The number of hydrogen-bond acceptors (Lipinski definition) is 5. The maximum absolute atomic E-state index is 13.0. The largest absolute Gasteiger partial charge is 0.384 e. The van der Waals surface area contributed by atoms with Gasteiger partial charge in [0.15, 0.2) is 0 Å². The van der Waals surface area contributed by atoms with Crippen LogP contribution in [-0.2, 0) is 29.0 Å². The van der Waals surface area contributed by atoms with Crippen LogP contribution in [0.2, 0.25) is 10.0 Å². The zero-order valence-electron chi connectivity index (χ0n) is 17.8. The van der Waals surface area contributed by atoms with Crippen molar-refractivity contribution in [2.24, 2.45) is 5.73 Å². The fourth-order valence-corrected chi connectivity index (χ4v) is 3.52. The second kappa shape index (κ2) is 11.7. The molecule has 0 unspecified atom stereocenters. The summed E-state index contributed by atoms with van der Waals surface area (Å²) in [6.45, 7) is 0.232. The summed E-state index contributed by atoms with van der Waals surface area (Å²) in [6, 6.07) is 16.3. The van der Waals surface area contributed by atoms with Gasteiger partial charge in [0.25, 0.3) is 0 Å². The summed E-state index contributed by atoms with van der Waals surface area (Å²) < 4.78 is 0. The number of nitrogens with one attached hydrogen (secondary N) is 2. The molecule has 0 saturated heterocycles. The molecule has 1 aromatic heterocycles. The van der Waals surface area contributed by atoms with Gasteiger partial charge in [-0.2, -0.15) is 0 Å². The average Bonchev–Trinajstić information content (AvgIpc) is 2.81. The molecule has 9 heteroatoms. The molecule has 0 aliphatic carbocycles. The number of benzene rings is 2. The first-order valence-electron chi connectivity index (χ1n) is 10.3. The number of pyridine rings is 1. The van der Waals surface area contributed by atoms with E-state index in [1.54, 1.807) is 36.5 Å². The quantitative estimate of drug-likeness (QED) is 0.371. The van der Waals surface area contributed by atoms with E-state index in [4.69, 9.17) is 34.7 Å². The Kier molecular flexibility index (Phi) is 8.65. The van der Waals surface area contributed by atoms with Gasteiger partial charge in [0.2, 0.25) is 11.8 Å². The smallest absolute Gasteiger partial charge is 0.243 e. The third kappa shape index (κ3) is 7.46. The highest BCUT2D eigenvalue weighted by Crippen LogP contribution is 2.23. The van der Waals surface area contributed by atoms with E-state index in [1.165, 1.54) is 0 Å². The Morgan fingerprint density at radius 3 is 2.27 bits per heavy atom. The van der Waals surface area contributed by atoms with Crippen LogP contribution < -0.4 is 22.1 Å². The van der Waals surface area contributed by atoms with Crippen LogP contribution >= 0.6 is 23.2 Å². The summed E-state index contributed by atoms with van der Waals surface area (Å²) in [6.07, 6.45) is 2.15. The number of carbonyl (C=O) groups excluding carboxylic acids is 2. The second-order valence-corrected chi connectivity index (χ2v) is 8.43. The zero-order valence-corrected chi connectivity index (χ0v) is 19.3. The SMILES string of the molecule is Nc1ccc(CNC(=O)[C@@H](Cc2ccc(Cl)c(Cl)c2)NC(=O)[C@@H](N)Cc2ccccc2)cn1. The Labute approximate surface area is 202 Å². The van der Waals surface area contributed by atoms with Gasteiger partial charge in [-0.25, -0.2) is 4.98 Å². The molecule has 0 radical (unpaired) electrons. The van der Waals surface area contributed by atoms with E-state index in [-0.39, 0.29) is 18.9 Å². The van der Waals surface area contributed by atoms with E-state index < -0.39 is 18.0 Å². The Balaban J connectivity index is 1.70. The second-order valence-electron chi connectivity index (χ2n) is 7.62. The van der Waals surface area contributed by atoms with Crippen LogP contribution in [0, 0.1) is 0 Å². The molecule has 3 aromatic rings. The number of anilines is 1. The average molecular weight is 486 g/mol. The minimum Gasteiger partial charge on any atom is -0.384 e. The molecule has 0 fully saturated rings. The number of carbonyl (C=O) groups is 2. The van der Waals surface area contributed by atoms with Crippen molar-refractivity contribution in [3.63, 3.8) is 0 Å². The number of halogens is 2. The first-order chi connectivity index (χ1) is 15.8. The predicted octanol–water partition coefficient (Wildman–Crippen LogP) is 2.88. The number of aromatic nitrogens is 1. The van der Waals surface area contributed by atoms with Crippen LogP contribution in [0.1, 0.15) is 16.7 Å². The van der Waals surface area contributed by atoms with Crippen LogP contribution in [-0.4, -0.2) is 28.9 Å². The summed E-state index contributed by atoms with van der Waals surface area (Å²) in [4.78, 5) is 29.8. The molecular formula is C24H25Cl2N5O2. The van der Waals surface area contributed by atoms with Crippen LogP contribution in [0.5, 0.6) is 0 Å². The van der Waals surface area contributed by atoms with Crippen LogP contribution in [0.4, 0.5) is 5.82 Å². The van der Waals surface area contributed by atoms with E-state index in [1.807, 2.05) is 30.3 Å². The normalized spacial score (nSPS) is 12.6. The summed E-state index contributed by atoms with van der Waals surface area (Å²) in [7, 11) is 0. The van der Waals surface area contributed by atoms with Gasteiger partial charge in [0.1, 0.15) is 11.9 Å². The molecule has 0 aliphatic heterocycles. The fourth-order valence-electron chi connectivity index (χ4n) is 3.20. The fraction of sp³-hybridized carbons (Fsp3) is 0.208. The maximum atomic E-state index is 13.0. The molecule has 1 heterocycles. The summed E-state index contributed by atoms with van der Waals surface area (Å²) in [5, 5.41) is 6.38. The molecule has 6 N–H and O–H groups in total. The number of nitrogens with two attached hydrogens (primary N) is 2. The molecule has 0 spiro atoms. The van der Waals surface area contributed by atoms with E-state index >= 15 is 0 Å². The van der Waals surface area contributed by atoms with Crippen molar-refractivity contribution in [1.82, 2.24) is 15.6 Å². The molecule has 0 saturated carbocycles. The molecule has 7 nitrogen and oxygen atoms in total. The summed E-state index contributed by atoms with van der Waals surface area (Å²) >= 11 is 12.1. The summed E-state index contributed by atoms with van der Waals surface area (Å²) in [5.74, 6) is -0.395. The Morgan fingerprint density at radius 2 is 1.61 bits per heavy atom. The number of amides is 2. The molecule has 0 aliphatic rings. The van der Waals surface area contributed by atoms with Crippen LogP contribution in [0.3, 0.4) is 0 Å². The minimum absolute atomic E-state index is 0.215. The monoisotopic (exact) mass is 485 g/mol. The Bertz CT molecular complexity index is 1090. The highest BCUT2D eigenvalue weighted by atomic mass is 35.5. The molecular weight excluding hydrogens is 461 g/mol. The molecule has 0 bridgehead atoms. The predicted molar refractivity (Wildman–Crippen MR) is 131 cm³/mol. The van der Waals surface area contributed by atoms with Gasteiger partial charge < -0.3 is 22.1 Å². The van der Waals surface area contributed by atoms with E-state index in [2.05, 4.69) is 15.6 Å². The third-order valence-corrected chi connectivity index (χ3v) is 5.75. The molecule has 172 valence electrons. The van der Waals surface area contributed by atoms with E-state index in [0.29, 0.717) is 22.3 Å². The Hall–Kier alpha value is -3.13. The van der Waals surface area contributed by atoms with Gasteiger partial charge in [-0.15, -0.1) is 0 Å². The molecule has 2 atom stereocenters. The van der Waals surface area contributed by atoms with E-state index in [0.717, 1.165) is 16.7 Å². The van der Waals surface area contributed by atoms with Crippen LogP contribution in [0.25, 0.3) is 0 Å². The first kappa shape index (κ1) is 24.5. The van der Waals surface area contributed by atoms with Crippen molar-refractivity contribution in [1.29, 1.82) is 0 Å². The lowest BCUT2D eigenvalue weighted by Crippen LogP contribution is -2.52. The number of nitrogens with zero attached hydrogens (tertiary/aromatic N) is 1. The van der Waals surface area contributed by atoms with Crippen LogP contribution in [0.15, 0.2) is 66.9 Å². The number of nitrogen functional groups attached to an aromatic ring is 1. The van der Waals surface area contributed by atoms with Crippen molar-refractivity contribution >= 4 is 40.8 Å². The highest BCUT2D eigenvalue weighted by molar-refractivity contribution is 6.42. The van der Waals surface area contributed by atoms with Gasteiger partial charge in [0, 0.05) is 19.2 Å². The van der Waals surface area contributed by atoms with Gasteiger partial charge in [-0.1, -0.05) is 65.7 Å². The topological polar surface area (TPSA) is 123 Å². The molecule has 3 rings (SSSR count). The van der Waals surface area contributed by atoms with Crippen molar-refractivity contribution in [3.05, 3.63) is 93.6 Å². The van der Waals surface area contributed by atoms with Gasteiger partial charge in [-0.3, -0.25) is 9.59 Å². The van der Waals surface area contributed by atoms with Gasteiger partial charge in [-0.05, 0) is 41.3 Å². The Morgan fingerprint density at radius 1 is 0.879 bits per heavy atom. The van der Waals surface area contributed by atoms with Crippen molar-refractivity contribution in [2.75, 3.05) is 5.73 Å². The zero-order chi connectivity index (χ0) is 23.8. The summed E-state index contributed by atoms with van der Waals surface area (Å²) in [5.41, 5.74) is 14.2. The highest BCUT2D eigenvalue weighted by Gasteiger charge is 2.24. The van der Waals surface area contributed by atoms with Crippen molar-refractivity contribution < 1.29 is 9.59 Å². The lowest BCUT2D eigenvalue weighted by molar-refractivity contribution is -0.129. The minimum atomic E-state index is -0.863. The first-order valence-corrected chi connectivity index (χ1v) is 11.1. The lowest BCUT2D eigenvalue weighted by atomic mass is 10.0. The number of rotatable bonds is 9. The van der Waals surface area contributed by atoms with Gasteiger partial charge >= 0.3 is 0 Å². The van der Waals surface area contributed by atoms with Crippen molar-refractivity contribution in [3.8, 4) is 0 Å². The third-order valence-electron chi connectivity index (χ3n) is 5.01. The van der Waals surface area contributed by atoms with Crippen molar-refractivity contribution in [2.45, 2.75) is 31.5 Å². The maximum Gasteiger partial charge on any atom is 0.243 e. The van der Waals surface area contributed by atoms with E-state index in [9.17, 15) is 9.59 Å². The molecule has 33 heavy (non-hydrogen) atoms. The molecule has 2 aromatic carbocycles.